The molecule has 24 heteroatoms. The van der Waals surface area contributed by atoms with Gasteiger partial charge < -0.3 is 59.0 Å². The Kier molecular flexibility index (Phi) is 22.7. The molecule has 2 aromatic rings. The summed E-state index contributed by atoms with van der Waals surface area (Å²) in [4.78, 5) is 122. The first-order valence-corrected chi connectivity index (χ1v) is 24.2. The summed E-state index contributed by atoms with van der Waals surface area (Å²) in [6, 6.07) is 2.92. The molecule has 1 aromatic carbocycles. The topological polar surface area (TPSA) is 393 Å². The Morgan fingerprint density at radius 1 is 0.859 bits per heavy atom. The van der Waals surface area contributed by atoms with Gasteiger partial charge in [0, 0.05) is 32.3 Å². The Labute approximate surface area is 413 Å². The number of hydrogen-bond donors (Lipinski definition) is 11. The highest BCUT2D eigenvalue weighted by Crippen LogP contribution is 2.29. The summed E-state index contributed by atoms with van der Waals surface area (Å²) in [5.41, 5.74) is 26.1. The van der Waals surface area contributed by atoms with Gasteiger partial charge in [-0.25, -0.2) is 15.6 Å². The van der Waals surface area contributed by atoms with Gasteiger partial charge in [-0.3, -0.25) is 48.8 Å². The second-order valence-corrected chi connectivity index (χ2v) is 17.8. The van der Waals surface area contributed by atoms with Crippen LogP contribution in [0.3, 0.4) is 0 Å². The summed E-state index contributed by atoms with van der Waals surface area (Å²) in [5, 5.41) is 34.3. The minimum atomic E-state index is -1.81. The van der Waals surface area contributed by atoms with Crippen LogP contribution < -0.4 is 44.8 Å². The van der Waals surface area contributed by atoms with Gasteiger partial charge in [-0.15, -0.1) is 0 Å². The minimum absolute atomic E-state index is 0.0195. The van der Waals surface area contributed by atoms with E-state index in [1.165, 1.54) is 28.9 Å². The van der Waals surface area contributed by atoms with Crippen LogP contribution in [0.4, 0.5) is 5.82 Å². The predicted octanol–water partition coefficient (Wildman–Crippen LogP) is -1.16. The lowest BCUT2D eigenvalue weighted by atomic mass is 10.0. The highest BCUT2D eigenvalue weighted by atomic mass is 16.4. The average molecular weight is 993 g/mol. The number of unbranched alkanes of at least 4 members (excludes halogenated alkanes) is 3. The van der Waals surface area contributed by atoms with Crippen LogP contribution in [0, 0.1) is 5.41 Å². The maximum Gasteiger partial charge on any atom is 0.326 e. The Balaban J connectivity index is 1.64. The van der Waals surface area contributed by atoms with Crippen LogP contribution in [-0.2, 0) is 40.0 Å². The number of benzene rings is 1. The van der Waals surface area contributed by atoms with Crippen LogP contribution in [0.2, 0.25) is 0 Å². The number of guanidine groups is 1. The van der Waals surface area contributed by atoms with E-state index in [0.29, 0.717) is 66.9 Å². The fraction of sp³-hybridized carbons (Fsp3) is 0.574. The summed E-state index contributed by atoms with van der Waals surface area (Å²) in [6.07, 6.45) is 2.42. The second-order valence-electron chi connectivity index (χ2n) is 17.8. The molecule has 2 aliphatic heterocycles. The van der Waals surface area contributed by atoms with Crippen molar-refractivity contribution in [2.24, 2.45) is 28.8 Å². The monoisotopic (exact) mass is 993 g/mol. The summed E-state index contributed by atoms with van der Waals surface area (Å²) in [5.74, 6) is -2.14. The fourth-order valence-corrected chi connectivity index (χ4v) is 8.97. The molecule has 2 saturated heterocycles. The quantitative estimate of drug-likeness (QED) is 0.0126. The van der Waals surface area contributed by atoms with Gasteiger partial charge in [0.15, 0.2) is 5.96 Å². The number of aliphatic hydroxyl groups excluding tert-OH is 1. The molecular formula is C47H72N14O10. The smallest absolute Gasteiger partial charge is 0.326 e. The molecule has 71 heavy (non-hydrogen) atoms. The summed E-state index contributed by atoms with van der Waals surface area (Å²) in [6.45, 7) is 2.06. The molecule has 4 rings (SSSR count). The number of amides is 7. The maximum atomic E-state index is 14.7. The van der Waals surface area contributed by atoms with Crippen LogP contribution in [0.1, 0.15) is 106 Å². The number of carbonyl (C=O) groups is 8. The van der Waals surface area contributed by atoms with Crippen molar-refractivity contribution in [3.63, 3.8) is 0 Å². The number of nitrogens with two attached hydrogens (primary N) is 5. The third-order valence-electron chi connectivity index (χ3n) is 12.6. The van der Waals surface area contributed by atoms with Crippen molar-refractivity contribution >= 4 is 59.1 Å². The number of carboxylic acid groups (broad SMARTS) is 1. The SMILES string of the molecule is C[C@@H](O)[C@@H](C(=O)N[C@@H](CCCCN)C(=O)N1CCC[C@H]1C(=O)N1CCC[C@H]1C(=O)N(C(=O)c1ccc(NN)nc1)[C@@H](CCCNC(=N)N)C(=O)O)N(C(=O)CCCCCN)C(=O)[C@@H](N)Cc1ccccc1. The summed E-state index contributed by atoms with van der Waals surface area (Å²) in [7, 11) is 0. The maximum absolute atomic E-state index is 14.7. The van der Waals surface area contributed by atoms with Gasteiger partial charge in [0.2, 0.25) is 29.5 Å². The van der Waals surface area contributed by atoms with Crippen molar-refractivity contribution in [3.05, 3.63) is 59.8 Å². The Hall–Kier alpha value is -6.60. The molecule has 2 aliphatic rings. The average Bonchev–Trinajstić information content (AvgIpc) is 4.06. The molecule has 0 spiro atoms. The predicted molar refractivity (Wildman–Crippen MR) is 261 cm³/mol. The first-order valence-electron chi connectivity index (χ1n) is 24.2. The lowest BCUT2D eigenvalue weighted by Gasteiger charge is -2.36. The molecule has 0 unspecified atom stereocenters. The van der Waals surface area contributed by atoms with Crippen LogP contribution in [-0.4, -0.2) is 163 Å². The van der Waals surface area contributed by atoms with E-state index in [2.05, 4.69) is 21.0 Å². The first kappa shape index (κ1) is 57.0. The number of nitrogen functional groups attached to an aromatic ring is 1. The van der Waals surface area contributed by atoms with Gasteiger partial charge >= 0.3 is 5.97 Å². The zero-order chi connectivity index (χ0) is 52.2. The molecule has 16 N–H and O–H groups in total. The number of pyridine rings is 1. The molecule has 0 aliphatic carbocycles. The molecular weight excluding hydrogens is 921 g/mol. The van der Waals surface area contributed by atoms with E-state index in [9.17, 15) is 48.6 Å². The minimum Gasteiger partial charge on any atom is -0.480 e. The van der Waals surface area contributed by atoms with E-state index in [4.69, 9.17) is 34.2 Å². The zero-order valence-corrected chi connectivity index (χ0v) is 40.4. The number of carbonyl (C=O) groups excluding carboxylic acids is 7. The van der Waals surface area contributed by atoms with E-state index in [1.807, 2.05) is 0 Å². The molecule has 7 amide bonds. The lowest BCUT2D eigenvalue weighted by molar-refractivity contribution is -0.157. The Morgan fingerprint density at radius 3 is 2.13 bits per heavy atom. The van der Waals surface area contributed by atoms with Crippen molar-refractivity contribution < 1.29 is 48.6 Å². The molecule has 390 valence electrons. The van der Waals surface area contributed by atoms with Crippen molar-refractivity contribution in [1.82, 2.24) is 35.2 Å². The van der Waals surface area contributed by atoms with Crippen molar-refractivity contribution in [2.75, 3.05) is 38.1 Å². The number of anilines is 1. The zero-order valence-electron chi connectivity index (χ0n) is 40.4. The van der Waals surface area contributed by atoms with Crippen molar-refractivity contribution in [3.8, 4) is 0 Å². The lowest BCUT2D eigenvalue weighted by Crippen LogP contribution is -2.63. The number of nitrogens with one attached hydrogen (secondary N) is 4. The van der Waals surface area contributed by atoms with Gasteiger partial charge in [-0.2, -0.15) is 0 Å². The summed E-state index contributed by atoms with van der Waals surface area (Å²) >= 11 is 0. The molecule has 0 radical (unpaired) electrons. The van der Waals surface area contributed by atoms with Crippen molar-refractivity contribution in [1.29, 1.82) is 5.41 Å². The van der Waals surface area contributed by atoms with Crippen LogP contribution in [0.15, 0.2) is 48.7 Å². The number of aliphatic carboxylic acids is 1. The standard InChI is InChI=1S/C47H72N14O10/c1-29(62)39(61(38(63)19-6-3-8-22-48)42(66)32(50)27-30-13-4-2-5-14-30)40(64)56-33(15-7-9-23-49)43(67)58-25-11-17-34(58)44(68)59-26-12-18-35(59)45(69)60(36(46(70)71)16-10-24-54-47(51)52)41(65)31-20-21-37(57-53)55-28-31/h2,4-5,13-14,20-21,28-29,32-36,39,62H,3,6-12,15-19,22-27,48-50,53H2,1H3,(H,55,57)(H,56,64)(H,70,71)(H4,51,52,54)/t29-,32+,33+,34+,35+,36+,39+/m1/s1. The van der Waals surface area contributed by atoms with E-state index in [1.54, 1.807) is 30.3 Å². The number of likely N-dealkylation sites (tertiary alicyclic amines) is 2. The van der Waals surface area contributed by atoms with Crippen LogP contribution >= 0.6 is 0 Å². The third kappa shape index (κ3) is 15.7. The number of aliphatic hydroxyl groups is 1. The van der Waals surface area contributed by atoms with E-state index >= 15 is 0 Å². The highest BCUT2D eigenvalue weighted by Gasteiger charge is 2.48. The Morgan fingerprint density at radius 2 is 1.52 bits per heavy atom. The molecule has 7 atom stereocenters. The third-order valence-corrected chi connectivity index (χ3v) is 12.6. The van der Waals surface area contributed by atoms with Crippen LogP contribution in [0.25, 0.3) is 0 Å². The molecule has 3 heterocycles. The molecule has 0 bridgehead atoms. The van der Waals surface area contributed by atoms with Gasteiger partial charge in [0.05, 0.1) is 17.7 Å². The molecule has 1 aromatic heterocycles. The van der Waals surface area contributed by atoms with Gasteiger partial charge in [0.25, 0.3) is 11.8 Å². The van der Waals surface area contributed by atoms with E-state index in [-0.39, 0.29) is 88.5 Å². The first-order chi connectivity index (χ1) is 34.0. The van der Waals surface area contributed by atoms with Gasteiger partial charge in [-0.05, 0) is 115 Å². The van der Waals surface area contributed by atoms with E-state index in [0.717, 1.165) is 6.20 Å². The Bertz CT molecular complexity index is 2150. The number of aromatic nitrogens is 1. The number of hydrazine groups is 1. The summed E-state index contributed by atoms with van der Waals surface area (Å²) < 4.78 is 0. The van der Waals surface area contributed by atoms with Crippen LogP contribution in [0.5, 0.6) is 0 Å². The largest absolute Gasteiger partial charge is 0.480 e. The van der Waals surface area contributed by atoms with E-state index < -0.39 is 89.7 Å². The fourth-order valence-electron chi connectivity index (χ4n) is 8.97. The highest BCUT2D eigenvalue weighted by molar-refractivity contribution is 6.09. The number of carboxylic acids is 1. The number of imide groups is 2. The number of hydrogen-bond acceptors (Lipinski definition) is 16. The van der Waals surface area contributed by atoms with Crippen molar-refractivity contribution in [2.45, 2.75) is 139 Å². The van der Waals surface area contributed by atoms with Gasteiger partial charge in [-0.1, -0.05) is 36.8 Å². The second kappa shape index (κ2) is 28.3. The molecule has 0 saturated carbocycles. The number of nitrogens with zero attached hydrogens (tertiary/aromatic N) is 5. The molecule has 24 nitrogen and oxygen atoms in total. The number of rotatable bonds is 27. The normalized spacial score (nSPS) is 17.5. The van der Waals surface area contributed by atoms with Gasteiger partial charge in [0.1, 0.15) is 36.0 Å². The molecule has 2 fully saturated rings.